The first-order valence-electron chi connectivity index (χ1n) is 10.7. The molecule has 0 bridgehead atoms. The summed E-state index contributed by atoms with van der Waals surface area (Å²) >= 11 is 0. The Bertz CT molecular complexity index is 832. The van der Waals surface area contributed by atoms with Gasteiger partial charge in [-0.15, -0.1) is 0 Å². The minimum atomic E-state index is 0.183. The van der Waals surface area contributed by atoms with Gasteiger partial charge in [-0.2, -0.15) is 0 Å². The number of carbonyl (C=O) groups excluding carboxylic acids is 1. The van der Waals surface area contributed by atoms with E-state index < -0.39 is 0 Å². The van der Waals surface area contributed by atoms with Crippen molar-refractivity contribution in [3.63, 3.8) is 0 Å². The number of fused-ring (bicyclic) bond motifs is 1. The van der Waals surface area contributed by atoms with Crippen molar-refractivity contribution in [2.45, 2.75) is 25.7 Å². The van der Waals surface area contributed by atoms with Crippen LogP contribution in [0.25, 0.3) is 0 Å². The molecule has 0 unspecified atom stereocenters. The summed E-state index contributed by atoms with van der Waals surface area (Å²) in [6.45, 7) is 6.23. The molecule has 1 fully saturated rings. The number of para-hydroxylation sites is 3. The predicted molar refractivity (Wildman–Crippen MR) is 118 cm³/mol. The van der Waals surface area contributed by atoms with Gasteiger partial charge in [0, 0.05) is 32.6 Å². The Morgan fingerprint density at radius 3 is 2.41 bits per heavy atom. The number of carbonyl (C=O) groups is 1. The second-order valence-electron chi connectivity index (χ2n) is 7.88. The molecule has 0 aromatic heterocycles. The summed E-state index contributed by atoms with van der Waals surface area (Å²) in [5, 5.41) is 0. The van der Waals surface area contributed by atoms with Gasteiger partial charge in [0.15, 0.2) is 0 Å². The zero-order valence-corrected chi connectivity index (χ0v) is 17.3. The summed E-state index contributed by atoms with van der Waals surface area (Å²) in [6.07, 6.45) is 3.83. The molecule has 2 aliphatic rings. The zero-order valence-electron chi connectivity index (χ0n) is 17.3. The highest BCUT2D eigenvalue weighted by Gasteiger charge is 2.26. The largest absolute Gasteiger partial charge is 0.496 e. The van der Waals surface area contributed by atoms with E-state index in [4.69, 9.17) is 4.74 Å². The summed E-state index contributed by atoms with van der Waals surface area (Å²) in [6, 6.07) is 16.3. The van der Waals surface area contributed by atoms with E-state index in [2.05, 4.69) is 28.0 Å². The lowest BCUT2D eigenvalue weighted by molar-refractivity contribution is -0.118. The number of benzene rings is 2. The van der Waals surface area contributed by atoms with Crippen molar-refractivity contribution < 1.29 is 9.53 Å². The van der Waals surface area contributed by atoms with Gasteiger partial charge < -0.3 is 19.4 Å². The van der Waals surface area contributed by atoms with Crippen LogP contribution in [-0.4, -0.2) is 57.2 Å². The van der Waals surface area contributed by atoms with E-state index in [-0.39, 0.29) is 5.91 Å². The van der Waals surface area contributed by atoms with Crippen LogP contribution in [0.4, 0.5) is 11.4 Å². The molecule has 2 aromatic carbocycles. The van der Waals surface area contributed by atoms with Crippen molar-refractivity contribution in [2.24, 2.45) is 0 Å². The van der Waals surface area contributed by atoms with E-state index in [0.717, 1.165) is 43.2 Å². The van der Waals surface area contributed by atoms with Crippen molar-refractivity contribution in [1.29, 1.82) is 0 Å². The fourth-order valence-corrected chi connectivity index (χ4v) is 4.47. The maximum atomic E-state index is 13.1. The standard InChI is InChI=1S/C24H31N3O2/c1-29-23-11-5-2-8-20(23)12-13-24(28)27-19-18-26(17-16-25-14-6-7-15-25)21-9-3-4-10-22(21)27/h2-5,8-11H,6-7,12-19H2,1H3. The van der Waals surface area contributed by atoms with E-state index >= 15 is 0 Å². The van der Waals surface area contributed by atoms with Crippen LogP contribution in [0.5, 0.6) is 5.75 Å². The van der Waals surface area contributed by atoms with Crippen LogP contribution in [0.3, 0.4) is 0 Å². The second-order valence-corrected chi connectivity index (χ2v) is 7.88. The van der Waals surface area contributed by atoms with Gasteiger partial charge in [-0.3, -0.25) is 4.79 Å². The van der Waals surface area contributed by atoms with Gasteiger partial charge in [-0.05, 0) is 56.1 Å². The summed E-state index contributed by atoms with van der Waals surface area (Å²) < 4.78 is 5.43. The van der Waals surface area contributed by atoms with Gasteiger partial charge in [0.1, 0.15) is 5.75 Å². The lowest BCUT2D eigenvalue weighted by Crippen LogP contribution is -2.46. The lowest BCUT2D eigenvalue weighted by Gasteiger charge is -2.38. The van der Waals surface area contributed by atoms with Gasteiger partial charge in [0.25, 0.3) is 0 Å². The Balaban J connectivity index is 1.42. The molecule has 0 aliphatic carbocycles. The van der Waals surface area contributed by atoms with Crippen LogP contribution >= 0.6 is 0 Å². The minimum absolute atomic E-state index is 0.183. The number of amides is 1. The van der Waals surface area contributed by atoms with Crippen molar-refractivity contribution in [2.75, 3.05) is 56.2 Å². The maximum Gasteiger partial charge on any atom is 0.227 e. The van der Waals surface area contributed by atoms with Crippen molar-refractivity contribution in [3.05, 3.63) is 54.1 Å². The monoisotopic (exact) mass is 393 g/mol. The van der Waals surface area contributed by atoms with Crippen LogP contribution in [0.2, 0.25) is 0 Å². The third-order valence-corrected chi connectivity index (χ3v) is 6.09. The number of nitrogens with zero attached hydrogens (tertiary/aromatic N) is 3. The first-order valence-corrected chi connectivity index (χ1v) is 10.7. The Morgan fingerprint density at radius 2 is 1.62 bits per heavy atom. The van der Waals surface area contributed by atoms with Crippen molar-refractivity contribution >= 4 is 17.3 Å². The number of aryl methyl sites for hydroxylation is 1. The van der Waals surface area contributed by atoms with Crippen molar-refractivity contribution in [3.8, 4) is 5.75 Å². The minimum Gasteiger partial charge on any atom is -0.496 e. The number of hydrogen-bond donors (Lipinski definition) is 0. The second kappa shape index (κ2) is 9.31. The van der Waals surface area contributed by atoms with Gasteiger partial charge in [-0.25, -0.2) is 0 Å². The van der Waals surface area contributed by atoms with E-state index in [1.54, 1.807) is 7.11 Å². The number of rotatable bonds is 7. The van der Waals surface area contributed by atoms with Crippen LogP contribution in [0, 0.1) is 0 Å². The molecule has 4 rings (SSSR count). The summed E-state index contributed by atoms with van der Waals surface area (Å²) in [5.41, 5.74) is 3.31. The molecule has 0 N–H and O–H groups in total. The fraction of sp³-hybridized carbons (Fsp3) is 0.458. The van der Waals surface area contributed by atoms with Crippen molar-refractivity contribution in [1.82, 2.24) is 4.90 Å². The average molecular weight is 394 g/mol. The summed E-state index contributed by atoms with van der Waals surface area (Å²) in [7, 11) is 1.68. The number of likely N-dealkylation sites (tertiary alicyclic amines) is 1. The number of methoxy groups -OCH3 is 1. The summed E-state index contributed by atoms with van der Waals surface area (Å²) in [4.78, 5) is 20.0. The van der Waals surface area contributed by atoms with Gasteiger partial charge in [0.05, 0.1) is 18.5 Å². The molecule has 1 amide bonds. The Morgan fingerprint density at radius 1 is 0.897 bits per heavy atom. The maximum absolute atomic E-state index is 13.1. The molecule has 29 heavy (non-hydrogen) atoms. The molecule has 5 nitrogen and oxygen atoms in total. The highest BCUT2D eigenvalue weighted by Crippen LogP contribution is 2.33. The number of anilines is 2. The number of ether oxygens (including phenoxy) is 1. The molecule has 154 valence electrons. The van der Waals surface area contributed by atoms with Crippen LogP contribution in [0.1, 0.15) is 24.8 Å². The first-order chi connectivity index (χ1) is 14.3. The SMILES string of the molecule is COc1ccccc1CCC(=O)N1CCN(CCN2CCCC2)c2ccccc21. The topological polar surface area (TPSA) is 36.0 Å². The summed E-state index contributed by atoms with van der Waals surface area (Å²) in [5.74, 6) is 1.04. The normalized spacial score (nSPS) is 16.7. The third-order valence-electron chi connectivity index (χ3n) is 6.09. The number of hydrogen-bond acceptors (Lipinski definition) is 4. The van der Waals surface area contributed by atoms with Gasteiger partial charge >= 0.3 is 0 Å². The zero-order chi connectivity index (χ0) is 20.1. The quantitative estimate of drug-likeness (QED) is 0.720. The van der Waals surface area contributed by atoms with E-state index in [0.29, 0.717) is 12.8 Å². The Kier molecular flexibility index (Phi) is 6.35. The highest BCUT2D eigenvalue weighted by molar-refractivity contribution is 5.98. The van der Waals surface area contributed by atoms with E-state index in [9.17, 15) is 4.79 Å². The highest BCUT2D eigenvalue weighted by atomic mass is 16.5. The molecular weight excluding hydrogens is 362 g/mol. The molecule has 2 aromatic rings. The Hall–Kier alpha value is -2.53. The van der Waals surface area contributed by atoms with Gasteiger partial charge in [-0.1, -0.05) is 30.3 Å². The molecule has 5 heteroatoms. The first kappa shape index (κ1) is 19.8. The van der Waals surface area contributed by atoms with Crippen LogP contribution < -0.4 is 14.5 Å². The molecule has 2 aliphatic heterocycles. The Labute approximate surface area is 173 Å². The van der Waals surface area contributed by atoms with E-state index in [1.807, 2.05) is 35.2 Å². The average Bonchev–Trinajstić information content (AvgIpc) is 3.29. The fourth-order valence-electron chi connectivity index (χ4n) is 4.47. The van der Waals surface area contributed by atoms with Gasteiger partial charge in [0.2, 0.25) is 5.91 Å². The molecule has 0 spiro atoms. The lowest BCUT2D eigenvalue weighted by atomic mass is 10.1. The third kappa shape index (κ3) is 4.56. The molecule has 0 saturated carbocycles. The van der Waals surface area contributed by atoms with Crippen LogP contribution in [0.15, 0.2) is 48.5 Å². The van der Waals surface area contributed by atoms with Crippen LogP contribution in [-0.2, 0) is 11.2 Å². The smallest absolute Gasteiger partial charge is 0.227 e. The van der Waals surface area contributed by atoms with E-state index in [1.165, 1.54) is 31.6 Å². The molecule has 2 heterocycles. The molecule has 0 radical (unpaired) electrons. The molecule has 0 atom stereocenters. The molecular formula is C24H31N3O2. The molecule has 1 saturated heterocycles. The predicted octanol–water partition coefficient (Wildman–Crippen LogP) is 3.58.